The van der Waals surface area contributed by atoms with Crippen molar-refractivity contribution in [3.63, 3.8) is 0 Å². The summed E-state index contributed by atoms with van der Waals surface area (Å²) in [7, 11) is 0. The second kappa shape index (κ2) is 17.8. The number of hydrogen-bond donors (Lipinski definition) is 2. The highest BCUT2D eigenvalue weighted by atomic mass is 35.5. The van der Waals surface area contributed by atoms with Gasteiger partial charge in [-0.3, -0.25) is 0 Å². The molecular formula is C35H12BClF20N5-. The molecule has 0 aliphatic heterocycles. The number of aromatic nitrogens is 1. The fourth-order valence-corrected chi connectivity index (χ4v) is 6.05. The summed E-state index contributed by atoms with van der Waals surface area (Å²) in [5.41, 5.74) is -1.94. The number of anilines is 2. The van der Waals surface area contributed by atoms with E-state index in [2.05, 4.69) is 15.2 Å². The second-order valence-electron chi connectivity index (χ2n) is 12.0. The summed E-state index contributed by atoms with van der Waals surface area (Å²) in [6.45, 7) is 0. The summed E-state index contributed by atoms with van der Waals surface area (Å²) >= 11 is 0. The molecule has 0 saturated heterocycles. The van der Waals surface area contributed by atoms with E-state index < -0.39 is 144 Å². The summed E-state index contributed by atoms with van der Waals surface area (Å²) in [6.07, 6.45) is -7.22. The van der Waals surface area contributed by atoms with Crippen LogP contribution in [0.5, 0.6) is 0 Å². The Morgan fingerprint density at radius 3 is 0.855 bits per heavy atom. The third-order valence-electron chi connectivity index (χ3n) is 8.66. The summed E-state index contributed by atoms with van der Waals surface area (Å²) in [5.74, 6) is -70.8. The number of benzene rings is 5. The predicted octanol–water partition coefficient (Wildman–Crippen LogP) is 8.93. The first kappa shape index (κ1) is 48.1. The van der Waals surface area contributed by atoms with Crippen LogP contribution in [0, 0.1) is 116 Å². The molecule has 62 heavy (non-hydrogen) atoms. The molecule has 0 radical (unpaired) electrons. The number of halogens is 21. The Morgan fingerprint density at radius 1 is 0.339 bits per heavy atom. The Morgan fingerprint density at radius 2 is 0.597 bits per heavy atom. The van der Waals surface area contributed by atoms with E-state index in [0.717, 1.165) is 5.69 Å². The number of hydrogen-bond acceptors (Lipinski definition) is 5. The third kappa shape index (κ3) is 7.55. The zero-order valence-electron chi connectivity index (χ0n) is 29.1. The van der Waals surface area contributed by atoms with Gasteiger partial charge in [-0.1, -0.05) is 18.2 Å². The van der Waals surface area contributed by atoms with Crippen LogP contribution in [-0.2, 0) is 0 Å². The van der Waals surface area contributed by atoms with Gasteiger partial charge in [-0.15, -0.1) is 39.4 Å². The molecule has 6 aromatic rings. The lowest BCUT2D eigenvalue weighted by molar-refractivity contribution is 0.378. The smallest absolute Gasteiger partial charge is 0.200 e. The first-order chi connectivity index (χ1) is 28.5. The van der Waals surface area contributed by atoms with Crippen molar-refractivity contribution in [1.82, 2.24) is 4.98 Å². The van der Waals surface area contributed by atoms with Crippen molar-refractivity contribution >= 4 is 63.4 Å². The van der Waals surface area contributed by atoms with Gasteiger partial charge < -0.3 is 11.5 Å². The van der Waals surface area contributed by atoms with Gasteiger partial charge in [0.05, 0.1) is 5.69 Å². The number of nitrogens with two attached hydrogens (primary N) is 2. The van der Waals surface area contributed by atoms with Gasteiger partial charge in [-0.05, 0) is 24.3 Å². The summed E-state index contributed by atoms with van der Waals surface area (Å²) in [4.78, 5) is 3.89. The van der Waals surface area contributed by atoms with Crippen molar-refractivity contribution in [3.05, 3.63) is 159 Å². The number of azo groups is 1. The van der Waals surface area contributed by atoms with Crippen LogP contribution in [0.4, 0.5) is 111 Å². The predicted molar refractivity (Wildman–Crippen MR) is 180 cm³/mol. The Bertz CT molecular complexity index is 2410. The van der Waals surface area contributed by atoms with Crippen LogP contribution in [0.15, 0.2) is 52.7 Å². The highest BCUT2D eigenvalue weighted by molar-refractivity contribution is 7.20. The molecule has 328 valence electrons. The Balaban J connectivity index is 0.000000415. The van der Waals surface area contributed by atoms with Gasteiger partial charge in [0.15, 0.2) is 75.6 Å². The fourth-order valence-electron chi connectivity index (χ4n) is 6.05. The lowest BCUT2D eigenvalue weighted by atomic mass is 9.12. The molecule has 0 bridgehead atoms. The minimum absolute atomic E-state index is 0. The van der Waals surface area contributed by atoms with Gasteiger partial charge in [0.25, 0.3) is 0 Å². The maximum atomic E-state index is 15.4. The van der Waals surface area contributed by atoms with E-state index in [1.807, 2.05) is 30.3 Å². The van der Waals surface area contributed by atoms with Crippen molar-refractivity contribution in [2.75, 3.05) is 11.5 Å². The number of pyridine rings is 1. The molecule has 27 heteroatoms. The van der Waals surface area contributed by atoms with Crippen LogP contribution in [0.3, 0.4) is 0 Å². The monoisotopic (exact) mass is 928 g/mol. The first-order valence-electron chi connectivity index (χ1n) is 15.7. The summed E-state index contributed by atoms with van der Waals surface area (Å²) in [6, 6.07) is 12.7. The molecule has 0 amide bonds. The van der Waals surface area contributed by atoms with Gasteiger partial charge >= 0.3 is 0 Å². The van der Waals surface area contributed by atoms with E-state index in [9.17, 15) is 52.7 Å². The molecule has 0 aliphatic carbocycles. The van der Waals surface area contributed by atoms with Crippen molar-refractivity contribution < 1.29 is 87.8 Å². The molecule has 0 fully saturated rings. The summed E-state index contributed by atoms with van der Waals surface area (Å²) in [5, 5.41) is 8.03. The minimum atomic E-state index is -7.22. The van der Waals surface area contributed by atoms with E-state index in [1.165, 1.54) is 0 Å². The van der Waals surface area contributed by atoms with Crippen molar-refractivity contribution in [1.29, 1.82) is 0 Å². The van der Waals surface area contributed by atoms with Crippen molar-refractivity contribution in [2.45, 2.75) is 0 Å². The van der Waals surface area contributed by atoms with Crippen molar-refractivity contribution in [3.8, 4) is 0 Å². The molecule has 5 nitrogen and oxygen atoms in total. The van der Waals surface area contributed by atoms with E-state index >= 15 is 35.1 Å². The normalized spacial score (nSPS) is 11.5. The van der Waals surface area contributed by atoms with Gasteiger partial charge in [-0.2, -0.15) is 5.11 Å². The van der Waals surface area contributed by atoms with Gasteiger partial charge in [0.1, 0.15) is 64.2 Å². The standard InChI is InChI=1S/C24BF20.C11H11N5.ClH/c26-5-1(6(27)14(35)21(42)13(5)34)25(2-7(28)15(36)22(43)16(37)8(2)29,3-9(30)17(38)23(44)18(39)10(3)31)4-11(32)19(40)24(45)20(41)12(4)33;12-10-7-6-9(11(13)14-10)16-15-8-4-2-1-3-5-8;/h;1-7H,(H4,12,13,14);1H/q-1;;/b;16-15+;. The van der Waals surface area contributed by atoms with Gasteiger partial charge in [0.2, 0.25) is 0 Å². The van der Waals surface area contributed by atoms with Crippen LogP contribution in [0.2, 0.25) is 0 Å². The largest absolute Gasteiger partial charge is 0.384 e. The average molecular weight is 929 g/mol. The van der Waals surface area contributed by atoms with E-state index in [-0.39, 0.29) is 18.2 Å². The molecule has 0 saturated carbocycles. The lowest BCUT2D eigenvalue weighted by Gasteiger charge is -2.44. The number of nitrogens with zero attached hydrogens (tertiary/aromatic N) is 3. The molecule has 6 rings (SSSR count). The molecule has 5 aromatic carbocycles. The van der Waals surface area contributed by atoms with Crippen LogP contribution in [0.1, 0.15) is 0 Å². The first-order valence-corrected chi connectivity index (χ1v) is 15.7. The highest BCUT2D eigenvalue weighted by Gasteiger charge is 2.52. The second-order valence-corrected chi connectivity index (χ2v) is 12.0. The maximum Gasteiger partial charge on any atom is 0.200 e. The van der Waals surface area contributed by atoms with Gasteiger partial charge in [-0.25, -0.2) is 92.8 Å². The number of rotatable bonds is 6. The number of nitrogen functional groups attached to an aromatic ring is 2. The van der Waals surface area contributed by atoms with Gasteiger partial charge in [0, 0.05) is 0 Å². The molecule has 0 atom stereocenters. The maximum absolute atomic E-state index is 15.4. The Labute approximate surface area is 336 Å². The van der Waals surface area contributed by atoms with Crippen LogP contribution >= 0.6 is 12.4 Å². The van der Waals surface area contributed by atoms with Crippen LogP contribution in [-0.4, -0.2) is 11.1 Å². The molecular weight excluding hydrogens is 917 g/mol. The molecule has 0 aliphatic rings. The zero-order chi connectivity index (χ0) is 45.7. The molecule has 1 heterocycles. The van der Waals surface area contributed by atoms with Crippen molar-refractivity contribution in [2.24, 2.45) is 10.2 Å². The molecule has 0 spiro atoms. The minimum Gasteiger partial charge on any atom is -0.384 e. The fraction of sp³-hybridized carbons (Fsp3) is 0. The van der Waals surface area contributed by atoms with Crippen LogP contribution in [0.25, 0.3) is 0 Å². The summed E-state index contributed by atoms with van der Waals surface area (Å²) < 4.78 is 294. The van der Waals surface area contributed by atoms with E-state index in [0.29, 0.717) is 11.5 Å². The third-order valence-corrected chi connectivity index (χ3v) is 8.66. The topological polar surface area (TPSA) is 89.6 Å². The zero-order valence-corrected chi connectivity index (χ0v) is 29.9. The molecule has 0 unspecified atom stereocenters. The Hall–Kier alpha value is -6.60. The van der Waals surface area contributed by atoms with E-state index in [4.69, 9.17) is 11.5 Å². The van der Waals surface area contributed by atoms with Crippen LogP contribution < -0.4 is 33.3 Å². The Kier molecular flexibility index (Phi) is 13.8. The quantitative estimate of drug-likeness (QED) is 0.0576. The lowest BCUT2D eigenvalue weighted by Crippen LogP contribution is -2.81. The molecule has 4 N–H and O–H groups in total. The van der Waals surface area contributed by atoms with E-state index in [1.54, 1.807) is 12.1 Å². The highest BCUT2D eigenvalue weighted by Crippen LogP contribution is 2.31. The molecule has 1 aromatic heterocycles. The SMILES string of the molecule is Cl.Fc1c(F)c(F)c([B-](c2c(F)c(F)c(F)c(F)c2F)(c2c(F)c(F)c(F)c(F)c2F)c2c(F)c(F)c(F)c(F)c2F)c(F)c1F.Nc1ccc(/N=N/c2ccccc2)c(N)n1. The average Bonchev–Trinajstić information content (AvgIpc) is 3.23.